The minimum absolute atomic E-state index is 0.00891. The van der Waals surface area contributed by atoms with Gasteiger partial charge in [-0.1, -0.05) is 12.1 Å². The fraction of sp³-hybridized carbons (Fsp3) is 0.385. The highest BCUT2D eigenvalue weighted by Gasteiger charge is 2.01. The normalized spacial score (nSPS) is 9.89. The molecule has 0 bridgehead atoms. The highest BCUT2D eigenvalue weighted by molar-refractivity contribution is 5.88. The number of nitrogens with one attached hydrogen (secondary N) is 2. The van der Waals surface area contributed by atoms with Crippen LogP contribution in [0.4, 0.5) is 5.69 Å². The van der Waals surface area contributed by atoms with Gasteiger partial charge in [-0.15, -0.1) is 0 Å². The predicted molar refractivity (Wildman–Crippen MR) is 70.9 cm³/mol. The van der Waals surface area contributed by atoms with E-state index in [2.05, 4.69) is 10.6 Å². The smallest absolute Gasteiger partial charge is 0.221 e. The van der Waals surface area contributed by atoms with E-state index in [0.717, 1.165) is 11.3 Å². The average molecular weight is 249 g/mol. The molecule has 0 radical (unpaired) electrons. The van der Waals surface area contributed by atoms with Crippen molar-refractivity contribution in [2.24, 2.45) is 5.73 Å². The Hall–Kier alpha value is -1.88. The van der Waals surface area contributed by atoms with Crippen LogP contribution in [0, 0.1) is 0 Å². The Kier molecular flexibility index (Phi) is 5.87. The molecular formula is C13H19N3O2. The molecule has 2 amide bonds. The molecule has 0 aromatic heterocycles. The number of hydrogen-bond acceptors (Lipinski definition) is 3. The van der Waals surface area contributed by atoms with Crippen molar-refractivity contribution in [2.45, 2.75) is 26.3 Å². The van der Waals surface area contributed by atoms with Crippen molar-refractivity contribution in [3.05, 3.63) is 29.8 Å². The van der Waals surface area contributed by atoms with Gasteiger partial charge in [-0.2, -0.15) is 0 Å². The summed E-state index contributed by atoms with van der Waals surface area (Å²) in [6, 6.07) is 7.38. The summed E-state index contributed by atoms with van der Waals surface area (Å²) in [4.78, 5) is 22.3. The number of nitrogens with two attached hydrogens (primary N) is 1. The lowest BCUT2D eigenvalue weighted by atomic mass is 10.2. The summed E-state index contributed by atoms with van der Waals surface area (Å²) >= 11 is 0. The van der Waals surface area contributed by atoms with Crippen molar-refractivity contribution in [1.82, 2.24) is 5.32 Å². The third kappa shape index (κ3) is 5.45. The lowest BCUT2D eigenvalue weighted by molar-refractivity contribution is -0.121. The Morgan fingerprint density at radius 1 is 1.33 bits per heavy atom. The Morgan fingerprint density at radius 3 is 2.78 bits per heavy atom. The van der Waals surface area contributed by atoms with Crippen molar-refractivity contribution >= 4 is 17.5 Å². The van der Waals surface area contributed by atoms with Crippen LogP contribution < -0.4 is 16.4 Å². The maximum absolute atomic E-state index is 11.4. The molecule has 0 aliphatic carbocycles. The van der Waals surface area contributed by atoms with Gasteiger partial charge in [-0.3, -0.25) is 9.59 Å². The number of anilines is 1. The van der Waals surface area contributed by atoms with Gasteiger partial charge in [-0.05, 0) is 30.7 Å². The molecule has 5 nitrogen and oxygen atoms in total. The maximum atomic E-state index is 11.4. The van der Waals surface area contributed by atoms with Gasteiger partial charge in [-0.25, -0.2) is 0 Å². The minimum atomic E-state index is -0.112. The van der Waals surface area contributed by atoms with Crippen LogP contribution in [0.2, 0.25) is 0 Å². The fourth-order valence-corrected chi connectivity index (χ4v) is 1.51. The molecule has 0 spiro atoms. The summed E-state index contributed by atoms with van der Waals surface area (Å²) in [5, 5.41) is 5.51. The predicted octanol–water partition coefficient (Wildman–Crippen LogP) is 1.00. The Bertz CT molecular complexity index is 418. The molecule has 0 fully saturated rings. The van der Waals surface area contributed by atoms with Crippen LogP contribution in [0.3, 0.4) is 0 Å². The molecule has 0 unspecified atom stereocenters. The second-order valence-corrected chi connectivity index (χ2v) is 4.05. The van der Waals surface area contributed by atoms with Crippen molar-refractivity contribution < 1.29 is 9.59 Å². The summed E-state index contributed by atoms with van der Waals surface area (Å²) < 4.78 is 0. The van der Waals surface area contributed by atoms with Gasteiger partial charge in [0.2, 0.25) is 11.8 Å². The summed E-state index contributed by atoms with van der Waals surface area (Å²) in [5.41, 5.74) is 7.01. The molecule has 0 atom stereocenters. The zero-order valence-corrected chi connectivity index (χ0v) is 10.5. The van der Waals surface area contributed by atoms with E-state index in [4.69, 9.17) is 5.73 Å². The van der Waals surface area contributed by atoms with E-state index in [0.29, 0.717) is 25.9 Å². The molecule has 1 aromatic carbocycles. The quantitative estimate of drug-likeness (QED) is 0.703. The molecule has 5 heteroatoms. The second kappa shape index (κ2) is 7.45. The van der Waals surface area contributed by atoms with Crippen molar-refractivity contribution in [2.75, 3.05) is 11.9 Å². The Morgan fingerprint density at radius 2 is 2.11 bits per heavy atom. The van der Waals surface area contributed by atoms with Crippen molar-refractivity contribution in [3.8, 4) is 0 Å². The van der Waals surface area contributed by atoms with Gasteiger partial charge in [0.1, 0.15) is 0 Å². The van der Waals surface area contributed by atoms with Crippen LogP contribution in [-0.2, 0) is 16.1 Å². The van der Waals surface area contributed by atoms with Gasteiger partial charge in [0, 0.05) is 25.6 Å². The summed E-state index contributed by atoms with van der Waals surface area (Å²) in [6.07, 6.45) is 1.14. The van der Waals surface area contributed by atoms with E-state index in [1.807, 2.05) is 18.2 Å². The fourth-order valence-electron chi connectivity index (χ4n) is 1.51. The van der Waals surface area contributed by atoms with Crippen molar-refractivity contribution in [3.63, 3.8) is 0 Å². The number of carbonyl (C=O) groups excluding carboxylic acids is 2. The SMILES string of the molecule is CC(=O)Nc1cccc(CNC(=O)CCCN)c1. The third-order valence-electron chi connectivity index (χ3n) is 2.34. The summed E-state index contributed by atoms with van der Waals surface area (Å²) in [6.45, 7) is 2.43. The third-order valence-corrected chi connectivity index (χ3v) is 2.34. The molecule has 98 valence electrons. The van der Waals surface area contributed by atoms with Gasteiger partial charge in [0.25, 0.3) is 0 Å². The maximum Gasteiger partial charge on any atom is 0.221 e. The highest BCUT2D eigenvalue weighted by Crippen LogP contribution is 2.10. The molecule has 0 aliphatic heterocycles. The monoisotopic (exact) mass is 249 g/mol. The molecule has 0 aliphatic rings. The Balaban J connectivity index is 2.47. The van der Waals surface area contributed by atoms with Crippen molar-refractivity contribution in [1.29, 1.82) is 0 Å². The highest BCUT2D eigenvalue weighted by atomic mass is 16.2. The number of benzene rings is 1. The molecule has 1 rings (SSSR count). The molecule has 18 heavy (non-hydrogen) atoms. The number of amides is 2. The zero-order chi connectivity index (χ0) is 13.4. The van der Waals surface area contributed by atoms with Crippen LogP contribution in [0.1, 0.15) is 25.3 Å². The molecule has 0 saturated carbocycles. The van der Waals surface area contributed by atoms with E-state index in [1.165, 1.54) is 6.92 Å². The van der Waals surface area contributed by atoms with E-state index in [9.17, 15) is 9.59 Å². The standard InChI is InChI=1S/C13H19N3O2/c1-10(17)16-12-5-2-4-11(8-12)9-15-13(18)6-3-7-14/h2,4-5,8H,3,6-7,9,14H2,1H3,(H,15,18)(H,16,17). The topological polar surface area (TPSA) is 84.2 Å². The molecule has 0 heterocycles. The van der Waals surface area contributed by atoms with Crippen LogP contribution in [0.15, 0.2) is 24.3 Å². The second-order valence-electron chi connectivity index (χ2n) is 4.05. The zero-order valence-electron chi connectivity index (χ0n) is 10.5. The number of rotatable bonds is 6. The van der Waals surface area contributed by atoms with Crippen LogP contribution in [0.25, 0.3) is 0 Å². The minimum Gasteiger partial charge on any atom is -0.352 e. The largest absolute Gasteiger partial charge is 0.352 e. The first-order valence-electron chi connectivity index (χ1n) is 5.95. The molecular weight excluding hydrogens is 230 g/mol. The van der Waals surface area contributed by atoms with E-state index in [1.54, 1.807) is 6.07 Å². The Labute approximate surface area is 107 Å². The lowest BCUT2D eigenvalue weighted by Gasteiger charge is -2.07. The molecule has 4 N–H and O–H groups in total. The van der Waals surface area contributed by atoms with Crippen LogP contribution in [0.5, 0.6) is 0 Å². The molecule has 0 saturated heterocycles. The lowest BCUT2D eigenvalue weighted by Crippen LogP contribution is -2.23. The first-order chi connectivity index (χ1) is 8.61. The first-order valence-corrected chi connectivity index (χ1v) is 5.95. The van der Waals surface area contributed by atoms with E-state index >= 15 is 0 Å². The van der Waals surface area contributed by atoms with Gasteiger partial charge >= 0.3 is 0 Å². The first kappa shape index (κ1) is 14.2. The average Bonchev–Trinajstić information content (AvgIpc) is 2.33. The van der Waals surface area contributed by atoms with Gasteiger partial charge in [0.05, 0.1) is 0 Å². The van der Waals surface area contributed by atoms with Crippen LogP contribution >= 0.6 is 0 Å². The molecule has 1 aromatic rings. The summed E-state index contributed by atoms with van der Waals surface area (Å²) in [5.74, 6) is -0.121. The van der Waals surface area contributed by atoms with Gasteiger partial charge < -0.3 is 16.4 Å². The van der Waals surface area contributed by atoms with E-state index < -0.39 is 0 Å². The number of hydrogen-bond donors (Lipinski definition) is 3. The summed E-state index contributed by atoms with van der Waals surface area (Å²) in [7, 11) is 0. The van der Waals surface area contributed by atoms with E-state index in [-0.39, 0.29) is 11.8 Å². The van der Waals surface area contributed by atoms with Gasteiger partial charge in [0.15, 0.2) is 0 Å². The van der Waals surface area contributed by atoms with Crippen LogP contribution in [-0.4, -0.2) is 18.4 Å². The number of carbonyl (C=O) groups is 2.